The molecule has 0 radical (unpaired) electrons. The largest absolute Gasteiger partial charge is 0.398 e. The molecule has 0 aliphatic carbocycles. The molecule has 3 rings (SSSR count). The fraction of sp³-hybridized carbons (Fsp3) is 0.273. The van der Waals surface area contributed by atoms with Gasteiger partial charge in [0.2, 0.25) is 0 Å². The molecule has 0 amide bonds. The molecule has 82 valence electrons. The van der Waals surface area contributed by atoms with Gasteiger partial charge in [0.15, 0.2) is 5.82 Å². The summed E-state index contributed by atoms with van der Waals surface area (Å²) in [4.78, 5) is 0. The van der Waals surface area contributed by atoms with Crippen LogP contribution in [-0.2, 0) is 13.0 Å². The normalized spacial score (nSPS) is 14.1. The van der Waals surface area contributed by atoms with Crippen LogP contribution in [0, 0.1) is 0 Å². The van der Waals surface area contributed by atoms with Gasteiger partial charge in [-0.25, -0.2) is 0 Å². The lowest BCUT2D eigenvalue weighted by molar-refractivity contribution is 0.749. The van der Waals surface area contributed by atoms with Gasteiger partial charge in [0.05, 0.1) is 0 Å². The number of aryl methyl sites for hydroxylation is 1. The first kappa shape index (κ1) is 9.66. The summed E-state index contributed by atoms with van der Waals surface area (Å²) in [5.74, 6) is 1.86. The first-order valence-electron chi connectivity index (χ1n) is 5.23. The van der Waals surface area contributed by atoms with Crippen LogP contribution in [0.15, 0.2) is 18.2 Å². The first-order valence-corrected chi connectivity index (χ1v) is 5.61. The quantitative estimate of drug-likeness (QED) is 0.769. The molecule has 2 heterocycles. The highest BCUT2D eigenvalue weighted by Crippen LogP contribution is 2.29. The van der Waals surface area contributed by atoms with Gasteiger partial charge in [0, 0.05) is 29.2 Å². The van der Waals surface area contributed by atoms with E-state index in [0.717, 1.165) is 36.6 Å². The number of hydrogen-bond acceptors (Lipinski definition) is 3. The molecule has 1 aromatic heterocycles. The highest BCUT2D eigenvalue weighted by molar-refractivity contribution is 6.31. The number of nitrogens with two attached hydrogens (primary N) is 1. The molecular formula is C11H11ClN4. The molecule has 0 saturated carbocycles. The van der Waals surface area contributed by atoms with Crippen molar-refractivity contribution in [3.8, 4) is 11.4 Å². The van der Waals surface area contributed by atoms with Crippen molar-refractivity contribution in [2.24, 2.45) is 0 Å². The maximum absolute atomic E-state index is 5.97. The van der Waals surface area contributed by atoms with E-state index in [2.05, 4.69) is 14.8 Å². The summed E-state index contributed by atoms with van der Waals surface area (Å²) in [7, 11) is 0. The molecule has 0 fully saturated rings. The fourth-order valence-electron chi connectivity index (χ4n) is 2.07. The third kappa shape index (κ3) is 1.38. The van der Waals surface area contributed by atoms with Gasteiger partial charge in [-0.1, -0.05) is 11.6 Å². The molecule has 0 spiro atoms. The highest BCUT2D eigenvalue weighted by Gasteiger charge is 2.19. The van der Waals surface area contributed by atoms with E-state index in [1.807, 2.05) is 6.07 Å². The summed E-state index contributed by atoms with van der Waals surface area (Å²) in [6.07, 6.45) is 2.12. The van der Waals surface area contributed by atoms with Crippen molar-refractivity contribution in [3.63, 3.8) is 0 Å². The van der Waals surface area contributed by atoms with E-state index in [1.165, 1.54) is 0 Å². The predicted octanol–water partition coefficient (Wildman–Crippen LogP) is 2.13. The van der Waals surface area contributed by atoms with E-state index in [4.69, 9.17) is 17.3 Å². The molecular weight excluding hydrogens is 224 g/mol. The standard InChI is InChI=1S/C11H11ClN4/c12-7-3-4-9(13)8(6-7)11-15-14-10-2-1-5-16(10)11/h3-4,6H,1-2,5,13H2. The van der Waals surface area contributed by atoms with Crippen LogP contribution >= 0.6 is 11.6 Å². The van der Waals surface area contributed by atoms with Gasteiger partial charge in [0.25, 0.3) is 0 Å². The molecule has 16 heavy (non-hydrogen) atoms. The molecule has 2 aromatic rings. The second-order valence-electron chi connectivity index (χ2n) is 3.93. The summed E-state index contributed by atoms with van der Waals surface area (Å²) in [5, 5.41) is 9.01. The number of halogens is 1. The van der Waals surface area contributed by atoms with E-state index in [0.29, 0.717) is 10.7 Å². The Labute approximate surface area is 98.0 Å². The third-order valence-electron chi connectivity index (χ3n) is 2.87. The maximum Gasteiger partial charge on any atom is 0.166 e. The van der Waals surface area contributed by atoms with Crippen molar-refractivity contribution in [2.45, 2.75) is 19.4 Å². The second-order valence-corrected chi connectivity index (χ2v) is 4.36. The number of fused-ring (bicyclic) bond motifs is 1. The summed E-state index contributed by atoms with van der Waals surface area (Å²) >= 11 is 5.97. The van der Waals surface area contributed by atoms with Gasteiger partial charge in [0.1, 0.15) is 5.82 Å². The van der Waals surface area contributed by atoms with Gasteiger partial charge >= 0.3 is 0 Å². The van der Waals surface area contributed by atoms with Crippen LogP contribution in [0.5, 0.6) is 0 Å². The zero-order chi connectivity index (χ0) is 11.1. The number of hydrogen-bond donors (Lipinski definition) is 1. The van der Waals surface area contributed by atoms with Gasteiger partial charge in [-0.2, -0.15) is 0 Å². The Morgan fingerprint density at radius 2 is 2.19 bits per heavy atom. The highest BCUT2D eigenvalue weighted by atomic mass is 35.5. The zero-order valence-corrected chi connectivity index (χ0v) is 9.41. The lowest BCUT2D eigenvalue weighted by Gasteiger charge is -2.06. The molecule has 0 bridgehead atoms. The Bertz CT molecular complexity index is 547. The van der Waals surface area contributed by atoms with E-state index in [-0.39, 0.29) is 0 Å². The SMILES string of the molecule is Nc1ccc(Cl)cc1-c1nnc2n1CCC2. The second kappa shape index (κ2) is 3.49. The molecule has 0 saturated heterocycles. The summed E-state index contributed by atoms with van der Waals surface area (Å²) < 4.78 is 2.11. The topological polar surface area (TPSA) is 56.7 Å². The average molecular weight is 235 g/mol. The molecule has 4 nitrogen and oxygen atoms in total. The monoisotopic (exact) mass is 234 g/mol. The van der Waals surface area contributed by atoms with Crippen molar-refractivity contribution >= 4 is 17.3 Å². The Hall–Kier alpha value is -1.55. The number of benzene rings is 1. The number of aromatic nitrogens is 3. The van der Waals surface area contributed by atoms with E-state index < -0.39 is 0 Å². The predicted molar refractivity (Wildman–Crippen MR) is 63.2 cm³/mol. The molecule has 5 heteroatoms. The molecule has 1 aliphatic rings. The maximum atomic E-state index is 5.97. The zero-order valence-electron chi connectivity index (χ0n) is 8.65. The minimum absolute atomic E-state index is 0.666. The molecule has 1 aromatic carbocycles. The molecule has 1 aliphatic heterocycles. The summed E-state index contributed by atoms with van der Waals surface area (Å²) in [6.45, 7) is 0.962. The molecule has 0 atom stereocenters. The van der Waals surface area contributed by atoms with Crippen LogP contribution < -0.4 is 5.73 Å². The number of anilines is 1. The molecule has 0 unspecified atom stereocenters. The van der Waals surface area contributed by atoms with Crippen molar-refractivity contribution in [2.75, 3.05) is 5.73 Å². The Kier molecular flexibility index (Phi) is 2.11. The Morgan fingerprint density at radius 1 is 1.31 bits per heavy atom. The van der Waals surface area contributed by atoms with E-state index in [1.54, 1.807) is 12.1 Å². The van der Waals surface area contributed by atoms with Crippen molar-refractivity contribution in [1.82, 2.24) is 14.8 Å². The number of nitrogens with zero attached hydrogens (tertiary/aromatic N) is 3. The lowest BCUT2D eigenvalue weighted by atomic mass is 10.1. The third-order valence-corrected chi connectivity index (χ3v) is 3.10. The van der Waals surface area contributed by atoms with Crippen LogP contribution in [0.25, 0.3) is 11.4 Å². The summed E-state index contributed by atoms with van der Waals surface area (Å²) in [6, 6.07) is 5.42. The van der Waals surface area contributed by atoms with Crippen LogP contribution in [0.3, 0.4) is 0 Å². The van der Waals surface area contributed by atoms with Crippen molar-refractivity contribution < 1.29 is 0 Å². The van der Waals surface area contributed by atoms with Crippen LogP contribution in [0.4, 0.5) is 5.69 Å². The summed E-state index contributed by atoms with van der Waals surface area (Å²) in [5.41, 5.74) is 7.49. The first-order chi connectivity index (χ1) is 7.75. The van der Waals surface area contributed by atoms with Gasteiger partial charge in [-0.15, -0.1) is 10.2 Å². The molecule has 2 N–H and O–H groups in total. The van der Waals surface area contributed by atoms with Crippen LogP contribution in [0.1, 0.15) is 12.2 Å². The minimum Gasteiger partial charge on any atom is -0.398 e. The Balaban J connectivity index is 2.18. The van der Waals surface area contributed by atoms with Crippen LogP contribution in [-0.4, -0.2) is 14.8 Å². The number of nitrogen functional groups attached to an aromatic ring is 1. The fourth-order valence-corrected chi connectivity index (χ4v) is 2.24. The van der Waals surface area contributed by atoms with Crippen LogP contribution in [0.2, 0.25) is 5.02 Å². The van der Waals surface area contributed by atoms with Crippen molar-refractivity contribution in [1.29, 1.82) is 0 Å². The smallest absolute Gasteiger partial charge is 0.166 e. The van der Waals surface area contributed by atoms with E-state index in [9.17, 15) is 0 Å². The van der Waals surface area contributed by atoms with E-state index >= 15 is 0 Å². The Morgan fingerprint density at radius 3 is 3.06 bits per heavy atom. The van der Waals surface area contributed by atoms with Crippen molar-refractivity contribution in [3.05, 3.63) is 29.0 Å². The number of rotatable bonds is 1. The average Bonchev–Trinajstić information content (AvgIpc) is 2.83. The minimum atomic E-state index is 0.666. The lowest BCUT2D eigenvalue weighted by Crippen LogP contribution is -1.99. The van der Waals surface area contributed by atoms with Gasteiger partial charge in [-0.05, 0) is 24.6 Å². The van der Waals surface area contributed by atoms with Gasteiger partial charge in [-0.3, -0.25) is 0 Å². The van der Waals surface area contributed by atoms with Gasteiger partial charge < -0.3 is 10.3 Å².